The van der Waals surface area contributed by atoms with Crippen molar-refractivity contribution in [2.45, 2.75) is 0 Å². The first-order valence-electron chi connectivity index (χ1n) is 12.6. The van der Waals surface area contributed by atoms with Gasteiger partial charge in [-0.2, -0.15) is 0 Å². The molecule has 0 fully saturated rings. The zero-order valence-corrected chi connectivity index (χ0v) is 34.8. The molecule has 0 amide bonds. The van der Waals surface area contributed by atoms with E-state index in [9.17, 15) is 79.2 Å². The number of hydrogen-bond donors (Lipinski definition) is 0. The van der Waals surface area contributed by atoms with Crippen molar-refractivity contribution in [1.82, 2.24) is 0 Å². The Balaban J connectivity index is -0.000000591. The van der Waals surface area contributed by atoms with Crippen LogP contribution in [0.3, 0.4) is 0 Å². The van der Waals surface area contributed by atoms with Crippen LogP contribution in [0.4, 0.5) is 0 Å². The average Bonchev–Trinajstić information content (AvgIpc) is 3.05. The van der Waals surface area contributed by atoms with E-state index < -0.39 is 47.8 Å². The summed E-state index contributed by atoms with van der Waals surface area (Å²) < 4.78 is 0. The van der Waals surface area contributed by atoms with E-state index >= 15 is 0 Å². The van der Waals surface area contributed by atoms with Crippen molar-refractivity contribution < 1.29 is 105 Å². The van der Waals surface area contributed by atoms with E-state index in [0.29, 0.717) is 0 Å². The summed E-state index contributed by atoms with van der Waals surface area (Å²) in [4.78, 5) is 82.6. The maximum Gasteiger partial charge on any atom is 4.00 e. The van der Waals surface area contributed by atoms with Gasteiger partial charge in [0.1, 0.15) is 0 Å². The maximum absolute atomic E-state index is 10.3. The van der Waals surface area contributed by atoms with Gasteiger partial charge in [0.2, 0.25) is 0 Å². The van der Waals surface area contributed by atoms with Crippen molar-refractivity contribution in [2.75, 3.05) is 0 Å². The molecule has 0 unspecified atom stereocenters. The molecule has 4 aromatic carbocycles. The molecule has 0 aliphatic carbocycles. The van der Waals surface area contributed by atoms with Gasteiger partial charge in [-0.15, -0.1) is 0 Å². The van der Waals surface area contributed by atoms with Crippen LogP contribution in [0.1, 0.15) is 82.9 Å². The van der Waals surface area contributed by atoms with E-state index in [0.717, 1.165) is 48.5 Å². The third-order valence-electron chi connectivity index (χ3n) is 5.47. The van der Waals surface area contributed by atoms with Crippen LogP contribution in [-0.2, 0) is 26.2 Å². The van der Waals surface area contributed by atoms with E-state index in [4.69, 9.17) is 0 Å². The van der Waals surface area contributed by atoms with Gasteiger partial charge in [0, 0.05) is 44.5 Å². The second kappa shape index (κ2) is 26.2. The van der Waals surface area contributed by atoms with Gasteiger partial charge in [-0.25, -0.2) is 0 Å². The van der Waals surface area contributed by atoms with Gasteiger partial charge >= 0.3 is 113 Å². The van der Waals surface area contributed by atoms with E-state index in [2.05, 4.69) is 0 Å². The van der Waals surface area contributed by atoms with Crippen LogP contribution in [0, 0.1) is 0 Å². The van der Waals surface area contributed by atoms with E-state index in [-0.39, 0.29) is 157 Å². The van der Waals surface area contributed by atoms with Crippen molar-refractivity contribution in [2.24, 2.45) is 0 Å². The van der Waals surface area contributed by atoms with Crippen LogP contribution in [0.15, 0.2) is 97.1 Å². The Labute approximate surface area is 376 Å². The molecule has 16 nitrogen and oxygen atoms in total. The molecule has 0 aliphatic rings. The minimum absolute atomic E-state index is 0. The Morgan fingerprint density at radius 2 is 0.353 bits per heavy atom. The molecule has 248 valence electrons. The smallest absolute Gasteiger partial charge is 0.545 e. The molecule has 0 bridgehead atoms. The molecule has 0 saturated heterocycles. The zero-order valence-electron chi connectivity index (χ0n) is 25.7. The van der Waals surface area contributed by atoms with Gasteiger partial charge in [-0.05, 0) is 0 Å². The van der Waals surface area contributed by atoms with Gasteiger partial charge in [0.05, 0.1) is 47.8 Å². The number of carbonyl (C=O) groups excluding carboxylic acids is 8. The van der Waals surface area contributed by atoms with Crippen molar-refractivity contribution >= 4 is 134 Å². The molecule has 0 atom stereocenters. The fraction of sp³-hybridized carbons (Fsp3) is 0. The standard InChI is InChI=1S/4C8H6O4.Ba.Ca.Zr/c4*9-7(10)5-3-1-2-4-6(5)8(11)12;;;/h4*1-4H,(H,9,10)(H,11,12);;;/q;;;;2*+2;+4/p-8. The Kier molecular flexibility index (Phi) is 26.5. The second-order valence-corrected chi connectivity index (χ2v) is 8.48. The molecule has 0 aromatic heterocycles. The van der Waals surface area contributed by atoms with Crippen LogP contribution >= 0.6 is 0 Å². The summed E-state index contributed by atoms with van der Waals surface area (Å²) in [5.41, 5.74) is -2.91. The summed E-state index contributed by atoms with van der Waals surface area (Å²) >= 11 is 0. The number of carboxylic acid groups (broad SMARTS) is 8. The van der Waals surface area contributed by atoms with Gasteiger partial charge in [0.25, 0.3) is 0 Å². The summed E-state index contributed by atoms with van der Waals surface area (Å²) in [6.07, 6.45) is 0. The number of hydrogen-bond acceptors (Lipinski definition) is 16. The third kappa shape index (κ3) is 17.4. The Morgan fingerprint density at radius 3 is 0.412 bits per heavy atom. The molecule has 0 radical (unpaired) electrons. The molecular weight excluding hydrogens is 909 g/mol. The first-order chi connectivity index (χ1) is 22.5. The van der Waals surface area contributed by atoms with Crippen LogP contribution in [0.5, 0.6) is 0 Å². The van der Waals surface area contributed by atoms with Crippen molar-refractivity contribution in [1.29, 1.82) is 0 Å². The summed E-state index contributed by atoms with van der Waals surface area (Å²) in [5.74, 6) is -12.1. The molecule has 51 heavy (non-hydrogen) atoms. The molecule has 4 rings (SSSR count). The van der Waals surface area contributed by atoms with Crippen molar-refractivity contribution in [3.05, 3.63) is 142 Å². The van der Waals surface area contributed by atoms with E-state index in [1.807, 2.05) is 0 Å². The number of rotatable bonds is 8. The molecule has 0 heterocycles. The third-order valence-corrected chi connectivity index (χ3v) is 5.47. The summed E-state index contributed by atoms with van der Waals surface area (Å²) in [7, 11) is 0. The topological polar surface area (TPSA) is 321 Å². The Hall–Kier alpha value is -3.65. The predicted octanol–water partition coefficient (Wildman–Crippen LogP) is -7.11. The predicted molar refractivity (Wildman–Crippen MR) is 152 cm³/mol. The molecule has 0 N–H and O–H groups in total. The normalized spacial score (nSPS) is 8.78. The monoisotopic (exact) mass is 924 g/mol. The van der Waals surface area contributed by atoms with Crippen molar-refractivity contribution in [3.63, 3.8) is 0 Å². The number of carboxylic acids is 8. The molecule has 4 aromatic rings. The molecule has 0 aliphatic heterocycles. The minimum atomic E-state index is -1.52. The van der Waals surface area contributed by atoms with Crippen molar-refractivity contribution in [3.8, 4) is 0 Å². The number of carbonyl (C=O) groups is 8. The van der Waals surface area contributed by atoms with E-state index in [1.54, 1.807) is 0 Å². The summed E-state index contributed by atoms with van der Waals surface area (Å²) in [6, 6.07) is 20.5. The molecular formula is C32H16BaCaO16Zr. The first-order valence-corrected chi connectivity index (χ1v) is 12.6. The van der Waals surface area contributed by atoms with Gasteiger partial charge in [0.15, 0.2) is 0 Å². The fourth-order valence-electron chi connectivity index (χ4n) is 3.36. The second-order valence-electron chi connectivity index (χ2n) is 8.48. The summed E-state index contributed by atoms with van der Waals surface area (Å²) in [5, 5.41) is 82.6. The summed E-state index contributed by atoms with van der Waals surface area (Å²) in [6.45, 7) is 0. The first kappa shape index (κ1) is 51.7. The number of aromatic carboxylic acids is 8. The minimum Gasteiger partial charge on any atom is -0.545 e. The van der Waals surface area contributed by atoms with Crippen LogP contribution in [-0.4, -0.2) is 134 Å². The van der Waals surface area contributed by atoms with Crippen LogP contribution in [0.25, 0.3) is 0 Å². The largest absolute Gasteiger partial charge is 4.00 e. The van der Waals surface area contributed by atoms with Gasteiger partial charge < -0.3 is 79.2 Å². The molecule has 0 saturated carbocycles. The quantitative estimate of drug-likeness (QED) is 0.148. The van der Waals surface area contributed by atoms with E-state index in [1.165, 1.54) is 48.5 Å². The Morgan fingerprint density at radius 1 is 0.275 bits per heavy atom. The van der Waals surface area contributed by atoms with Crippen LogP contribution < -0.4 is 40.9 Å². The zero-order chi connectivity index (χ0) is 36.6. The molecule has 19 heteroatoms. The maximum atomic E-state index is 10.3. The Bertz CT molecular complexity index is 1480. The molecule has 0 spiro atoms. The SMILES string of the molecule is O=C([O-])c1ccccc1C(=O)[O-].O=C([O-])c1ccccc1C(=O)[O-].O=C([O-])c1ccccc1C(=O)[O-].O=C([O-])c1ccccc1C(=O)[O-].[Ba+2].[Ca+2].[Zr+4]. The number of benzene rings is 4. The fourth-order valence-corrected chi connectivity index (χ4v) is 3.36. The van der Waals surface area contributed by atoms with Gasteiger partial charge in [-0.1, -0.05) is 97.1 Å². The average molecular weight is 925 g/mol. The van der Waals surface area contributed by atoms with Crippen LogP contribution in [0.2, 0.25) is 0 Å². The van der Waals surface area contributed by atoms with Gasteiger partial charge in [-0.3, -0.25) is 0 Å².